The fraction of sp³-hybridized carbons (Fsp3) is 0.615. The van der Waals surface area contributed by atoms with Crippen LogP contribution in [0.4, 0.5) is 5.82 Å². The van der Waals surface area contributed by atoms with Gasteiger partial charge in [0.1, 0.15) is 5.82 Å². The van der Waals surface area contributed by atoms with Gasteiger partial charge in [0.25, 0.3) is 0 Å². The Morgan fingerprint density at radius 1 is 1.31 bits per heavy atom. The van der Waals surface area contributed by atoms with Crippen molar-refractivity contribution in [1.29, 1.82) is 0 Å². The van der Waals surface area contributed by atoms with Crippen molar-refractivity contribution in [2.75, 3.05) is 24.5 Å². The van der Waals surface area contributed by atoms with E-state index in [1.54, 1.807) is 0 Å². The van der Waals surface area contributed by atoms with Gasteiger partial charge in [-0.15, -0.1) is 0 Å². The Labute approximate surface area is 97.7 Å². The topological polar surface area (TPSA) is 42.1 Å². The molecule has 0 aliphatic heterocycles. The Kier molecular flexibility index (Phi) is 3.78. The Balaban J connectivity index is 2.17. The normalized spacial score (nSPS) is 13.9. The highest BCUT2D eigenvalue weighted by Gasteiger charge is 2.14. The number of anilines is 1. The van der Waals surface area contributed by atoms with E-state index >= 15 is 0 Å². The summed E-state index contributed by atoms with van der Waals surface area (Å²) in [5, 5.41) is 0. The summed E-state index contributed by atoms with van der Waals surface area (Å²) in [6.45, 7) is 4.83. The van der Waals surface area contributed by atoms with Crippen molar-refractivity contribution in [3.8, 4) is 0 Å². The lowest BCUT2D eigenvalue weighted by Gasteiger charge is -2.23. The maximum atomic E-state index is 5.64. The molecule has 0 atom stereocenters. The van der Waals surface area contributed by atoms with Gasteiger partial charge in [0.05, 0.1) is 0 Å². The first-order chi connectivity index (χ1) is 7.85. The number of aromatic nitrogens is 1. The third-order valence-corrected chi connectivity index (χ3v) is 3.13. The van der Waals surface area contributed by atoms with Crippen LogP contribution < -0.4 is 10.6 Å². The van der Waals surface area contributed by atoms with Gasteiger partial charge in [0, 0.05) is 25.3 Å². The molecule has 0 spiro atoms. The van der Waals surface area contributed by atoms with Crippen LogP contribution in [0.15, 0.2) is 12.1 Å². The maximum Gasteiger partial charge on any atom is 0.128 e. The van der Waals surface area contributed by atoms with Crippen LogP contribution in [-0.2, 0) is 12.8 Å². The number of hydrogen-bond donors (Lipinski definition) is 1. The monoisotopic (exact) mass is 219 g/mol. The Morgan fingerprint density at radius 2 is 2.19 bits per heavy atom. The van der Waals surface area contributed by atoms with E-state index in [1.165, 1.54) is 24.1 Å². The van der Waals surface area contributed by atoms with Gasteiger partial charge in [-0.2, -0.15) is 0 Å². The fourth-order valence-electron chi connectivity index (χ4n) is 2.35. The third-order valence-electron chi connectivity index (χ3n) is 3.13. The van der Waals surface area contributed by atoms with E-state index in [4.69, 9.17) is 10.7 Å². The van der Waals surface area contributed by atoms with Crippen molar-refractivity contribution in [3.63, 3.8) is 0 Å². The van der Waals surface area contributed by atoms with E-state index < -0.39 is 0 Å². The van der Waals surface area contributed by atoms with E-state index in [0.29, 0.717) is 6.54 Å². The second kappa shape index (κ2) is 5.30. The van der Waals surface area contributed by atoms with Gasteiger partial charge in [-0.05, 0) is 37.3 Å². The molecule has 0 fully saturated rings. The molecule has 88 valence electrons. The molecule has 0 amide bonds. The van der Waals surface area contributed by atoms with E-state index in [-0.39, 0.29) is 0 Å². The average Bonchev–Trinajstić information content (AvgIpc) is 2.75. The number of fused-ring (bicyclic) bond motifs is 1. The van der Waals surface area contributed by atoms with Crippen LogP contribution in [0.25, 0.3) is 0 Å². The van der Waals surface area contributed by atoms with Crippen LogP contribution in [0.3, 0.4) is 0 Å². The molecule has 0 radical (unpaired) electrons. The fourth-order valence-corrected chi connectivity index (χ4v) is 2.35. The lowest BCUT2D eigenvalue weighted by molar-refractivity contribution is 0.748. The number of pyridine rings is 1. The first kappa shape index (κ1) is 11.4. The minimum atomic E-state index is 0.693. The predicted octanol–water partition coefficient (Wildman–Crippen LogP) is 1.75. The zero-order chi connectivity index (χ0) is 11.4. The van der Waals surface area contributed by atoms with Gasteiger partial charge < -0.3 is 10.6 Å². The van der Waals surface area contributed by atoms with Gasteiger partial charge in [-0.25, -0.2) is 4.98 Å². The molecule has 1 heterocycles. The highest BCUT2D eigenvalue weighted by atomic mass is 15.2. The standard InChI is InChI=1S/C13H21N3/c1-2-9-16(10-8-14)13-7-6-11-4-3-5-12(11)15-13/h6-7H,2-5,8-10,14H2,1H3. The van der Waals surface area contributed by atoms with Gasteiger partial charge in [-0.3, -0.25) is 0 Å². The van der Waals surface area contributed by atoms with E-state index in [9.17, 15) is 0 Å². The summed E-state index contributed by atoms with van der Waals surface area (Å²) < 4.78 is 0. The van der Waals surface area contributed by atoms with E-state index in [1.807, 2.05) is 0 Å². The molecule has 3 nitrogen and oxygen atoms in total. The molecule has 0 aromatic carbocycles. The first-order valence-corrected chi connectivity index (χ1v) is 6.29. The molecule has 16 heavy (non-hydrogen) atoms. The number of nitrogens with zero attached hydrogens (tertiary/aromatic N) is 2. The molecule has 0 saturated heterocycles. The van der Waals surface area contributed by atoms with Crippen molar-refractivity contribution < 1.29 is 0 Å². The largest absolute Gasteiger partial charge is 0.355 e. The SMILES string of the molecule is CCCN(CCN)c1ccc2c(n1)CCC2. The minimum absolute atomic E-state index is 0.693. The molecule has 0 saturated carbocycles. The van der Waals surface area contributed by atoms with Gasteiger partial charge in [0.15, 0.2) is 0 Å². The smallest absolute Gasteiger partial charge is 0.128 e. The predicted molar refractivity (Wildman–Crippen MR) is 67.8 cm³/mol. The molecular weight excluding hydrogens is 198 g/mol. The second-order valence-electron chi connectivity index (χ2n) is 4.40. The maximum absolute atomic E-state index is 5.64. The molecule has 1 aliphatic carbocycles. The van der Waals surface area contributed by atoms with Crippen LogP contribution in [-0.4, -0.2) is 24.6 Å². The molecule has 0 bridgehead atoms. The van der Waals surface area contributed by atoms with E-state index in [0.717, 1.165) is 31.7 Å². The third kappa shape index (κ3) is 2.35. The summed E-state index contributed by atoms with van der Waals surface area (Å²) in [5.41, 5.74) is 8.38. The van der Waals surface area contributed by atoms with Crippen LogP contribution in [0.1, 0.15) is 31.0 Å². The lowest BCUT2D eigenvalue weighted by Crippen LogP contribution is -2.31. The lowest BCUT2D eigenvalue weighted by atomic mass is 10.2. The summed E-state index contributed by atoms with van der Waals surface area (Å²) >= 11 is 0. The highest BCUT2D eigenvalue weighted by molar-refractivity contribution is 5.43. The highest BCUT2D eigenvalue weighted by Crippen LogP contribution is 2.23. The van der Waals surface area contributed by atoms with Crippen LogP contribution in [0.2, 0.25) is 0 Å². The number of hydrogen-bond acceptors (Lipinski definition) is 3. The zero-order valence-corrected chi connectivity index (χ0v) is 10.1. The van der Waals surface area contributed by atoms with Gasteiger partial charge >= 0.3 is 0 Å². The van der Waals surface area contributed by atoms with Gasteiger partial charge in [0.2, 0.25) is 0 Å². The average molecular weight is 219 g/mol. The molecule has 3 heteroatoms. The Hall–Kier alpha value is -1.09. The number of rotatable bonds is 5. The molecule has 2 rings (SSSR count). The van der Waals surface area contributed by atoms with Crippen molar-refractivity contribution in [3.05, 3.63) is 23.4 Å². The number of aryl methyl sites for hydroxylation is 2. The van der Waals surface area contributed by atoms with Crippen LogP contribution in [0.5, 0.6) is 0 Å². The molecule has 1 aromatic heterocycles. The first-order valence-electron chi connectivity index (χ1n) is 6.29. The van der Waals surface area contributed by atoms with Crippen molar-refractivity contribution >= 4 is 5.82 Å². The zero-order valence-electron chi connectivity index (χ0n) is 10.1. The summed E-state index contributed by atoms with van der Waals surface area (Å²) in [5.74, 6) is 1.10. The summed E-state index contributed by atoms with van der Waals surface area (Å²) in [6, 6.07) is 4.39. The molecule has 1 aromatic rings. The Bertz CT molecular complexity index is 343. The quantitative estimate of drug-likeness (QED) is 0.820. The summed E-state index contributed by atoms with van der Waals surface area (Å²) in [6.07, 6.45) is 4.74. The Morgan fingerprint density at radius 3 is 2.94 bits per heavy atom. The minimum Gasteiger partial charge on any atom is -0.355 e. The summed E-state index contributed by atoms with van der Waals surface area (Å²) in [7, 11) is 0. The van der Waals surface area contributed by atoms with Crippen molar-refractivity contribution in [2.45, 2.75) is 32.6 Å². The second-order valence-corrected chi connectivity index (χ2v) is 4.40. The molecule has 0 unspecified atom stereocenters. The van der Waals surface area contributed by atoms with Gasteiger partial charge in [-0.1, -0.05) is 13.0 Å². The summed E-state index contributed by atoms with van der Waals surface area (Å²) in [4.78, 5) is 7.05. The molecular formula is C13H21N3. The van der Waals surface area contributed by atoms with Crippen molar-refractivity contribution in [1.82, 2.24) is 4.98 Å². The van der Waals surface area contributed by atoms with Crippen molar-refractivity contribution in [2.24, 2.45) is 5.73 Å². The van der Waals surface area contributed by atoms with E-state index in [2.05, 4.69) is 24.0 Å². The molecule has 1 aliphatic rings. The van der Waals surface area contributed by atoms with Crippen LogP contribution in [0, 0.1) is 0 Å². The number of nitrogens with two attached hydrogens (primary N) is 1. The van der Waals surface area contributed by atoms with Crippen LogP contribution >= 0.6 is 0 Å². The molecule has 2 N–H and O–H groups in total.